The molecular formula is C25H27FN6O. The van der Waals surface area contributed by atoms with Gasteiger partial charge in [-0.25, -0.2) is 19.3 Å². The minimum Gasteiger partial charge on any atom is -0.393 e. The normalized spacial score (nSPS) is 18.4. The van der Waals surface area contributed by atoms with E-state index in [1.165, 1.54) is 6.07 Å². The van der Waals surface area contributed by atoms with E-state index in [0.29, 0.717) is 30.1 Å². The van der Waals surface area contributed by atoms with E-state index in [2.05, 4.69) is 20.2 Å². The van der Waals surface area contributed by atoms with Crippen LogP contribution < -0.4 is 10.6 Å². The van der Waals surface area contributed by atoms with E-state index in [1.807, 2.05) is 30.3 Å². The van der Waals surface area contributed by atoms with Crippen molar-refractivity contribution in [1.29, 1.82) is 0 Å². The van der Waals surface area contributed by atoms with Crippen molar-refractivity contribution < 1.29 is 9.50 Å². The van der Waals surface area contributed by atoms with Crippen LogP contribution >= 0.6 is 0 Å². The van der Waals surface area contributed by atoms with Crippen molar-refractivity contribution in [3.8, 4) is 0 Å². The number of aliphatic hydroxyl groups is 1. The van der Waals surface area contributed by atoms with Crippen LogP contribution in [-0.4, -0.2) is 37.3 Å². The summed E-state index contributed by atoms with van der Waals surface area (Å²) < 4.78 is 16.4. The number of aromatic nitrogens is 4. The predicted octanol–water partition coefficient (Wildman–Crippen LogP) is 4.84. The number of halogens is 1. The van der Waals surface area contributed by atoms with Crippen molar-refractivity contribution in [2.75, 3.05) is 17.2 Å². The van der Waals surface area contributed by atoms with Gasteiger partial charge < -0.3 is 15.7 Å². The second-order valence-corrected chi connectivity index (χ2v) is 8.41. The molecule has 5 rings (SSSR count). The minimum atomic E-state index is -0.339. The molecule has 1 aliphatic rings. The lowest BCUT2D eigenvalue weighted by molar-refractivity contribution is 0.112. The summed E-state index contributed by atoms with van der Waals surface area (Å²) in [4.78, 5) is 14.0. The second kappa shape index (κ2) is 9.54. The highest BCUT2D eigenvalue weighted by Gasteiger charge is 2.26. The predicted molar refractivity (Wildman–Crippen MR) is 127 cm³/mol. The summed E-state index contributed by atoms with van der Waals surface area (Å²) in [5, 5.41) is 16.5. The Hall–Kier alpha value is -3.52. The lowest BCUT2D eigenvalue weighted by Gasteiger charge is -2.28. The third-order valence-electron chi connectivity index (χ3n) is 6.09. The van der Waals surface area contributed by atoms with Gasteiger partial charge in [-0.15, -0.1) is 0 Å². The van der Waals surface area contributed by atoms with Crippen LogP contribution in [-0.2, 0) is 6.42 Å². The van der Waals surface area contributed by atoms with E-state index < -0.39 is 0 Å². The van der Waals surface area contributed by atoms with Gasteiger partial charge in [0.25, 0.3) is 0 Å². The number of nitrogens with zero attached hydrogens (tertiary/aromatic N) is 4. The smallest absolute Gasteiger partial charge is 0.210 e. The largest absolute Gasteiger partial charge is 0.393 e. The number of hydrogen-bond donors (Lipinski definition) is 3. The van der Waals surface area contributed by atoms with Crippen molar-refractivity contribution in [1.82, 2.24) is 19.5 Å². The monoisotopic (exact) mass is 446 g/mol. The van der Waals surface area contributed by atoms with Gasteiger partial charge >= 0.3 is 0 Å². The zero-order chi connectivity index (χ0) is 22.6. The first-order valence-corrected chi connectivity index (χ1v) is 11.4. The van der Waals surface area contributed by atoms with Gasteiger partial charge in [0.1, 0.15) is 17.2 Å². The molecule has 1 saturated carbocycles. The minimum absolute atomic E-state index is 0.123. The number of imidazole rings is 1. The van der Waals surface area contributed by atoms with Crippen molar-refractivity contribution in [3.05, 3.63) is 72.4 Å². The van der Waals surface area contributed by atoms with E-state index in [0.717, 1.165) is 42.8 Å². The summed E-state index contributed by atoms with van der Waals surface area (Å²) in [7, 11) is 0. The maximum Gasteiger partial charge on any atom is 0.210 e. The highest BCUT2D eigenvalue weighted by atomic mass is 19.1. The Labute approximate surface area is 191 Å². The number of para-hydroxylation sites is 2. The van der Waals surface area contributed by atoms with Crippen molar-refractivity contribution in [2.45, 2.75) is 44.2 Å². The third kappa shape index (κ3) is 4.80. The standard InChI is InChI=1S/C25H27FN6O/c26-20-8-4-5-9-21(20)29-25-30-22-16-28-23(14-15-27-17-6-2-1-3-7-17)31-24(22)32(25)18-10-12-19(33)13-11-18/h1-9,16,18-19,27,33H,10-15H2,(H,29,30). The molecule has 1 fully saturated rings. The fourth-order valence-corrected chi connectivity index (χ4v) is 4.35. The highest BCUT2D eigenvalue weighted by molar-refractivity contribution is 5.75. The van der Waals surface area contributed by atoms with Crippen LogP contribution in [0.3, 0.4) is 0 Å². The number of benzene rings is 2. The van der Waals surface area contributed by atoms with Crippen LogP contribution in [0.5, 0.6) is 0 Å². The molecule has 33 heavy (non-hydrogen) atoms. The fraction of sp³-hybridized carbons (Fsp3) is 0.320. The number of hydrogen-bond acceptors (Lipinski definition) is 6. The quantitative estimate of drug-likeness (QED) is 0.377. The Kier molecular flexibility index (Phi) is 6.17. The van der Waals surface area contributed by atoms with Crippen LogP contribution in [0.15, 0.2) is 60.8 Å². The number of aliphatic hydroxyl groups excluding tert-OH is 1. The molecule has 1 aliphatic carbocycles. The Morgan fingerprint density at radius 2 is 1.73 bits per heavy atom. The molecule has 2 heterocycles. The molecule has 3 N–H and O–H groups in total. The van der Waals surface area contributed by atoms with Crippen LogP contribution in [0.25, 0.3) is 11.2 Å². The van der Waals surface area contributed by atoms with Crippen LogP contribution in [0.4, 0.5) is 21.7 Å². The molecule has 0 spiro atoms. The number of nitrogens with one attached hydrogen (secondary N) is 2. The van der Waals surface area contributed by atoms with Crippen LogP contribution in [0.2, 0.25) is 0 Å². The average Bonchev–Trinajstić information content (AvgIpc) is 3.19. The van der Waals surface area contributed by atoms with Crippen molar-refractivity contribution in [3.63, 3.8) is 0 Å². The molecule has 2 aromatic carbocycles. The van der Waals surface area contributed by atoms with Gasteiger partial charge in [-0.2, -0.15) is 0 Å². The van der Waals surface area contributed by atoms with E-state index in [9.17, 15) is 9.50 Å². The molecule has 7 nitrogen and oxygen atoms in total. The molecule has 0 unspecified atom stereocenters. The van der Waals surface area contributed by atoms with Crippen LogP contribution in [0, 0.1) is 5.82 Å². The van der Waals surface area contributed by atoms with E-state index in [4.69, 9.17) is 9.97 Å². The Morgan fingerprint density at radius 3 is 2.52 bits per heavy atom. The van der Waals surface area contributed by atoms with Crippen molar-refractivity contribution in [2.24, 2.45) is 0 Å². The average molecular weight is 447 g/mol. The molecule has 0 atom stereocenters. The zero-order valence-corrected chi connectivity index (χ0v) is 18.3. The molecule has 0 saturated heterocycles. The second-order valence-electron chi connectivity index (χ2n) is 8.41. The van der Waals surface area contributed by atoms with Crippen LogP contribution in [0.1, 0.15) is 37.5 Å². The van der Waals surface area contributed by atoms with Gasteiger partial charge in [0.15, 0.2) is 5.65 Å². The summed E-state index contributed by atoms with van der Waals surface area (Å²) in [6.45, 7) is 0.708. The fourth-order valence-electron chi connectivity index (χ4n) is 4.35. The first-order valence-electron chi connectivity index (χ1n) is 11.4. The van der Waals surface area contributed by atoms with Gasteiger partial charge in [-0.3, -0.25) is 4.57 Å². The maximum absolute atomic E-state index is 14.3. The van der Waals surface area contributed by atoms with E-state index >= 15 is 0 Å². The SMILES string of the molecule is OC1CCC(n2c(Nc3ccccc3F)nc3cnc(CCNc4ccccc4)nc32)CC1. The number of rotatable bonds is 7. The van der Waals surface area contributed by atoms with Gasteiger partial charge in [0.05, 0.1) is 18.0 Å². The summed E-state index contributed by atoms with van der Waals surface area (Å²) in [5.74, 6) is 0.930. The van der Waals surface area contributed by atoms with Gasteiger partial charge in [-0.05, 0) is 49.9 Å². The van der Waals surface area contributed by atoms with Gasteiger partial charge in [0.2, 0.25) is 5.95 Å². The van der Waals surface area contributed by atoms with Gasteiger partial charge in [-0.1, -0.05) is 30.3 Å². The summed E-state index contributed by atoms with van der Waals surface area (Å²) in [6.07, 6.45) is 5.20. The topological polar surface area (TPSA) is 87.9 Å². The lowest BCUT2D eigenvalue weighted by Crippen LogP contribution is -2.22. The highest BCUT2D eigenvalue weighted by Crippen LogP contribution is 2.35. The third-order valence-corrected chi connectivity index (χ3v) is 6.09. The van der Waals surface area contributed by atoms with E-state index in [-0.39, 0.29) is 18.0 Å². The Bertz CT molecular complexity index is 1220. The maximum atomic E-state index is 14.3. The Balaban J connectivity index is 1.44. The number of fused-ring (bicyclic) bond motifs is 1. The molecule has 0 bridgehead atoms. The summed E-state index contributed by atoms with van der Waals surface area (Å²) in [5.41, 5.74) is 2.82. The first-order chi connectivity index (χ1) is 16.2. The molecule has 0 amide bonds. The molecule has 8 heteroatoms. The molecule has 170 valence electrons. The molecule has 0 radical (unpaired) electrons. The number of anilines is 3. The summed E-state index contributed by atoms with van der Waals surface area (Å²) >= 11 is 0. The first kappa shape index (κ1) is 21.3. The van der Waals surface area contributed by atoms with Crippen molar-refractivity contribution >= 4 is 28.5 Å². The Morgan fingerprint density at radius 1 is 0.970 bits per heavy atom. The lowest BCUT2D eigenvalue weighted by atomic mass is 9.93. The molecule has 4 aromatic rings. The molecule has 0 aliphatic heterocycles. The van der Waals surface area contributed by atoms with Gasteiger partial charge in [0, 0.05) is 24.7 Å². The summed E-state index contributed by atoms with van der Waals surface area (Å²) in [6, 6.07) is 16.7. The molecular weight excluding hydrogens is 419 g/mol. The zero-order valence-electron chi connectivity index (χ0n) is 18.3. The molecule has 2 aromatic heterocycles. The van der Waals surface area contributed by atoms with E-state index in [1.54, 1.807) is 24.4 Å².